The molecule has 6 nitrogen and oxygen atoms in total. The summed E-state index contributed by atoms with van der Waals surface area (Å²) in [7, 11) is 6.43. The van der Waals surface area contributed by atoms with Gasteiger partial charge in [0.05, 0.1) is 5.69 Å². The highest BCUT2D eigenvalue weighted by Crippen LogP contribution is 2.45. The van der Waals surface area contributed by atoms with Crippen LogP contribution in [0.5, 0.6) is 0 Å². The molecule has 0 atom stereocenters. The Bertz CT molecular complexity index is 6800. The largest absolute Gasteiger partial charge is 0.345 e. The van der Waals surface area contributed by atoms with Crippen LogP contribution in [-0.4, -0.2) is 21.1 Å². The van der Waals surface area contributed by atoms with E-state index in [9.17, 15) is 0 Å². The first-order valence-corrected chi connectivity index (χ1v) is 41.3. The van der Waals surface area contributed by atoms with Crippen molar-refractivity contribution in [3.05, 3.63) is 491 Å². The van der Waals surface area contributed by atoms with Gasteiger partial charge in [-0.05, 0) is 265 Å². The smallest absolute Gasteiger partial charge is 0.0567 e. The van der Waals surface area contributed by atoms with Crippen molar-refractivity contribution < 1.29 is 0 Å². The molecule has 0 heterocycles. The number of para-hydroxylation sites is 3. The van der Waals surface area contributed by atoms with E-state index in [1.54, 1.807) is 0 Å². The minimum Gasteiger partial charge on any atom is -0.345 e. The molecule has 0 amide bonds. The molecule has 0 aromatic heterocycles. The topological polar surface area (TPSA) is 19.4 Å². The highest BCUT2D eigenvalue weighted by Gasteiger charge is 2.21. The van der Waals surface area contributed by atoms with Gasteiger partial charge in [0.2, 0.25) is 0 Å². The van der Waals surface area contributed by atoms with E-state index < -0.39 is 0 Å². The number of rotatable bonds is 19. The second-order valence-electron chi connectivity index (χ2n) is 30.3. The average molecular weight is 1560 g/mol. The minimum atomic E-state index is 1.11. The van der Waals surface area contributed by atoms with Crippen molar-refractivity contribution in [3.63, 3.8) is 0 Å². The van der Waals surface area contributed by atoms with E-state index in [1.165, 1.54) is 93.3 Å². The SMILES string of the molecule is CN(c1ccc(N(c2ccccc2)c2cccc(-c3ccccc3)c2)cc1)c1c2ccccc2cc2ccccc12.CN(c1ccc(N(c2ccccc2)c2cccc(-c3ccccc3)c2)cc1)c1ccc2cc3ccccc3cc2c1.CN(c1ccc(N(c2ccccc2)c2cccc(-c3ccccc3)c2)cc1)c1cccc(-c2ccccc2)c1. The Balaban J connectivity index is 0.000000124. The normalized spacial score (nSPS) is 10.9. The van der Waals surface area contributed by atoms with Gasteiger partial charge >= 0.3 is 0 Å². The summed E-state index contributed by atoms with van der Waals surface area (Å²) in [6.07, 6.45) is 0. The third-order valence-electron chi connectivity index (χ3n) is 22.7. The van der Waals surface area contributed by atoms with Crippen molar-refractivity contribution in [2.24, 2.45) is 0 Å². The summed E-state index contributed by atoms with van der Waals surface area (Å²) in [5.74, 6) is 0. The molecule has 0 saturated heterocycles. The predicted octanol–water partition coefficient (Wildman–Crippen LogP) is 32.1. The van der Waals surface area contributed by atoms with Crippen LogP contribution in [0, 0.1) is 0 Å². The lowest BCUT2D eigenvalue weighted by Crippen LogP contribution is -2.12. The van der Waals surface area contributed by atoms with Crippen LogP contribution in [0.25, 0.3) is 87.6 Å². The second-order valence-corrected chi connectivity index (χ2v) is 30.3. The molecule has 0 fully saturated rings. The van der Waals surface area contributed by atoms with Gasteiger partial charge < -0.3 is 29.4 Å². The number of hydrogen-bond acceptors (Lipinski definition) is 6. The zero-order chi connectivity index (χ0) is 81.6. The van der Waals surface area contributed by atoms with E-state index >= 15 is 0 Å². The van der Waals surface area contributed by atoms with Crippen LogP contribution in [0.3, 0.4) is 0 Å². The fourth-order valence-electron chi connectivity index (χ4n) is 16.4. The molecule has 0 spiro atoms. The molecule has 20 aromatic carbocycles. The summed E-state index contributed by atoms with van der Waals surface area (Å²) >= 11 is 0. The fraction of sp³-hybridized carbons (Fsp3) is 0.0261. The molecular formula is C115H90N6. The van der Waals surface area contributed by atoms with Gasteiger partial charge in [-0.25, -0.2) is 0 Å². The van der Waals surface area contributed by atoms with E-state index in [-0.39, 0.29) is 0 Å². The Morgan fingerprint density at radius 1 is 0.124 bits per heavy atom. The summed E-state index contributed by atoms with van der Waals surface area (Å²) in [6, 6.07) is 175. The highest BCUT2D eigenvalue weighted by atomic mass is 15.2. The molecular weight excluding hydrogens is 1470 g/mol. The number of nitrogens with zero attached hydrogens (tertiary/aromatic N) is 6. The molecule has 0 radical (unpaired) electrons. The molecule has 20 rings (SSSR count). The van der Waals surface area contributed by atoms with Crippen molar-refractivity contribution in [3.8, 4) is 44.5 Å². The van der Waals surface area contributed by atoms with Crippen LogP contribution < -0.4 is 29.4 Å². The first-order chi connectivity index (χ1) is 59.7. The number of hydrogen-bond donors (Lipinski definition) is 0. The molecule has 0 bridgehead atoms. The molecule has 6 heteroatoms. The highest BCUT2D eigenvalue weighted by molar-refractivity contribution is 6.12. The lowest BCUT2D eigenvalue weighted by Gasteiger charge is -2.28. The molecule has 0 aliphatic carbocycles. The average Bonchev–Trinajstić information content (AvgIpc) is 0.761. The standard InChI is InChI=1S/2C39H30N2.C37H30N2/c1-40(39-37-21-10-8-15-31(37)27-32-16-9-11-22-38(32)39)33-23-25-35(26-24-33)41(34-18-6-3-7-19-34)36-20-12-17-30(28-36)29-13-4-2-5-14-29;1-40(38-20-19-33-25-30-13-8-9-14-31(30)26-34(33)28-38)35-21-23-37(24-22-35)41(36-16-6-3-7-17-36)39-18-10-15-32(27-39)29-11-4-2-5-12-29;1-38(36-21-11-17-31(27-36)29-13-5-2-6-14-29)33-23-25-35(26-24-33)39(34-19-9-4-10-20-34)37-22-12-18-32(28-37)30-15-7-3-8-16-30/h2*2-28H,1H3;2-28H,1H3. The first-order valence-electron chi connectivity index (χ1n) is 41.3. The Morgan fingerprint density at radius 2 is 0.339 bits per heavy atom. The zero-order valence-electron chi connectivity index (χ0n) is 67.9. The second kappa shape index (κ2) is 35.8. The Hall–Kier alpha value is -15.8. The first kappa shape index (κ1) is 76.5. The van der Waals surface area contributed by atoms with Crippen LogP contribution in [0.4, 0.5) is 85.3 Å². The van der Waals surface area contributed by atoms with Gasteiger partial charge in [-0.3, -0.25) is 0 Å². The molecule has 580 valence electrons. The van der Waals surface area contributed by atoms with Gasteiger partial charge in [-0.1, -0.05) is 303 Å². The van der Waals surface area contributed by atoms with Crippen LogP contribution in [-0.2, 0) is 0 Å². The van der Waals surface area contributed by atoms with Crippen LogP contribution >= 0.6 is 0 Å². The molecule has 0 aliphatic heterocycles. The Kier molecular flexibility index (Phi) is 22.6. The van der Waals surface area contributed by atoms with Crippen molar-refractivity contribution in [1.82, 2.24) is 0 Å². The van der Waals surface area contributed by atoms with Gasteiger partial charge in [0, 0.05) is 112 Å². The van der Waals surface area contributed by atoms with Crippen molar-refractivity contribution in [1.29, 1.82) is 0 Å². The van der Waals surface area contributed by atoms with Crippen molar-refractivity contribution >= 4 is 128 Å². The lowest BCUT2D eigenvalue weighted by molar-refractivity contribution is 1.20. The van der Waals surface area contributed by atoms with Crippen molar-refractivity contribution in [2.45, 2.75) is 0 Å². The molecule has 0 aliphatic rings. The van der Waals surface area contributed by atoms with E-state index in [4.69, 9.17) is 0 Å². The molecule has 0 unspecified atom stereocenters. The summed E-state index contributed by atoms with van der Waals surface area (Å²) in [4.78, 5) is 13.8. The fourth-order valence-corrected chi connectivity index (χ4v) is 16.4. The van der Waals surface area contributed by atoms with Crippen LogP contribution in [0.1, 0.15) is 0 Å². The third kappa shape index (κ3) is 17.1. The number of anilines is 15. The number of fused-ring (bicyclic) bond motifs is 4. The zero-order valence-corrected chi connectivity index (χ0v) is 67.9. The number of benzene rings is 20. The molecule has 0 saturated carbocycles. The van der Waals surface area contributed by atoms with Gasteiger partial charge in [0.1, 0.15) is 0 Å². The van der Waals surface area contributed by atoms with Gasteiger partial charge in [-0.2, -0.15) is 0 Å². The van der Waals surface area contributed by atoms with Crippen LogP contribution in [0.15, 0.2) is 491 Å². The maximum absolute atomic E-state index is 2.32. The Labute approximate surface area is 710 Å². The summed E-state index contributed by atoms with van der Waals surface area (Å²) in [6.45, 7) is 0. The molecule has 0 N–H and O–H groups in total. The lowest BCUT2D eigenvalue weighted by atomic mass is 10.00. The molecule has 20 aromatic rings. The predicted molar refractivity (Wildman–Crippen MR) is 519 cm³/mol. The summed E-state index contributed by atoms with van der Waals surface area (Å²) in [5.41, 5.74) is 26.7. The quantitative estimate of drug-likeness (QED) is 0.0746. The minimum absolute atomic E-state index is 1.11. The van der Waals surface area contributed by atoms with Gasteiger partial charge in [0.15, 0.2) is 0 Å². The van der Waals surface area contributed by atoms with E-state index in [2.05, 4.69) is 542 Å². The van der Waals surface area contributed by atoms with Gasteiger partial charge in [0.25, 0.3) is 0 Å². The molecule has 121 heavy (non-hydrogen) atoms. The van der Waals surface area contributed by atoms with Gasteiger partial charge in [-0.15, -0.1) is 0 Å². The summed E-state index contributed by atoms with van der Waals surface area (Å²) < 4.78 is 0. The van der Waals surface area contributed by atoms with E-state index in [0.29, 0.717) is 0 Å². The van der Waals surface area contributed by atoms with E-state index in [1.807, 2.05) is 0 Å². The monoisotopic (exact) mass is 1550 g/mol. The van der Waals surface area contributed by atoms with E-state index in [0.717, 1.165) is 79.6 Å². The van der Waals surface area contributed by atoms with Crippen LogP contribution in [0.2, 0.25) is 0 Å². The maximum atomic E-state index is 2.32. The third-order valence-corrected chi connectivity index (χ3v) is 22.7. The van der Waals surface area contributed by atoms with Crippen molar-refractivity contribution in [2.75, 3.05) is 50.5 Å². The Morgan fingerprint density at radius 3 is 0.686 bits per heavy atom. The summed E-state index contributed by atoms with van der Waals surface area (Å²) in [5, 5.41) is 10.0. The maximum Gasteiger partial charge on any atom is 0.0567 e.